The van der Waals surface area contributed by atoms with Gasteiger partial charge in [0.15, 0.2) is 6.29 Å². The molecule has 1 heterocycles. The number of hydrogen-bond donors (Lipinski definition) is 0. The molecule has 0 spiro atoms. The summed E-state index contributed by atoms with van der Waals surface area (Å²) in [6.07, 6.45) is 0.766. The summed E-state index contributed by atoms with van der Waals surface area (Å²) >= 11 is 9.26. The largest absolute Gasteiger partial charge is 0.298 e. The highest BCUT2D eigenvalue weighted by Crippen LogP contribution is 2.33. The van der Waals surface area contributed by atoms with Gasteiger partial charge < -0.3 is 0 Å². The molecule has 0 aliphatic heterocycles. The number of halogens is 1. The lowest BCUT2D eigenvalue weighted by atomic mass is 10.2. The van der Waals surface area contributed by atoms with Gasteiger partial charge >= 0.3 is 0 Å². The van der Waals surface area contributed by atoms with Crippen LogP contribution in [0.4, 0.5) is 0 Å². The van der Waals surface area contributed by atoms with E-state index in [2.05, 4.69) is 6.07 Å². The molecule has 0 aliphatic carbocycles. The number of rotatable bonds is 3. The van der Waals surface area contributed by atoms with Crippen LogP contribution in [-0.4, -0.2) is 6.29 Å². The van der Waals surface area contributed by atoms with Gasteiger partial charge in [0.05, 0.1) is 9.23 Å². The van der Waals surface area contributed by atoms with Gasteiger partial charge in [-0.3, -0.25) is 4.79 Å². The molecule has 0 bridgehead atoms. The van der Waals surface area contributed by atoms with Gasteiger partial charge in [-0.25, -0.2) is 0 Å². The average Bonchev–Trinajstić information content (AvgIpc) is 2.71. The summed E-state index contributed by atoms with van der Waals surface area (Å²) in [4.78, 5) is 11.6. The van der Waals surface area contributed by atoms with Crippen LogP contribution in [0.2, 0.25) is 5.02 Å². The van der Waals surface area contributed by atoms with E-state index in [4.69, 9.17) is 11.6 Å². The molecule has 0 N–H and O–H groups in total. The predicted molar refractivity (Wildman–Crippen MR) is 65.3 cm³/mol. The molecule has 0 radical (unpaired) electrons. The molecule has 0 saturated heterocycles. The van der Waals surface area contributed by atoms with E-state index in [0.29, 0.717) is 10.6 Å². The molecular formula is C11H7ClOS2. The Labute approximate surface area is 101 Å². The first-order valence-electron chi connectivity index (χ1n) is 4.25. The van der Waals surface area contributed by atoms with Crippen molar-refractivity contribution in [2.24, 2.45) is 0 Å². The van der Waals surface area contributed by atoms with E-state index in [1.54, 1.807) is 29.2 Å². The topological polar surface area (TPSA) is 17.1 Å². The van der Waals surface area contributed by atoms with Crippen molar-refractivity contribution in [3.05, 3.63) is 46.3 Å². The molecular weight excluding hydrogens is 248 g/mol. The highest BCUT2D eigenvalue weighted by Gasteiger charge is 2.02. The summed E-state index contributed by atoms with van der Waals surface area (Å²) in [6, 6.07) is 9.52. The number of carbonyl (C=O) groups is 1. The fraction of sp³-hybridized carbons (Fsp3) is 0. The minimum atomic E-state index is 0.506. The Balaban J connectivity index is 2.23. The molecule has 1 aromatic heterocycles. The minimum Gasteiger partial charge on any atom is -0.298 e. The van der Waals surface area contributed by atoms with Crippen molar-refractivity contribution in [2.45, 2.75) is 9.10 Å². The Hall–Kier alpha value is -0.770. The highest BCUT2D eigenvalue weighted by molar-refractivity contribution is 8.01. The second kappa shape index (κ2) is 4.84. The summed E-state index contributed by atoms with van der Waals surface area (Å²) in [5, 5.41) is 2.54. The van der Waals surface area contributed by atoms with Crippen molar-refractivity contribution in [2.75, 3.05) is 0 Å². The monoisotopic (exact) mass is 254 g/mol. The third-order valence-corrected chi connectivity index (χ3v) is 4.17. The molecule has 1 aromatic carbocycles. The van der Waals surface area contributed by atoms with Gasteiger partial charge in [-0.2, -0.15) is 0 Å². The first kappa shape index (κ1) is 10.7. The fourth-order valence-electron chi connectivity index (χ4n) is 1.10. The van der Waals surface area contributed by atoms with Crippen LogP contribution < -0.4 is 0 Å². The van der Waals surface area contributed by atoms with E-state index in [1.165, 1.54) is 4.21 Å². The zero-order valence-corrected chi connectivity index (χ0v) is 10.0. The maximum Gasteiger partial charge on any atom is 0.151 e. The summed E-state index contributed by atoms with van der Waals surface area (Å²) < 4.78 is 1.21. The Morgan fingerprint density at radius 2 is 2.20 bits per heavy atom. The van der Waals surface area contributed by atoms with E-state index in [0.717, 1.165) is 11.2 Å². The van der Waals surface area contributed by atoms with Gasteiger partial charge in [0, 0.05) is 10.5 Å². The van der Waals surface area contributed by atoms with Crippen molar-refractivity contribution in [3.8, 4) is 0 Å². The molecule has 0 saturated carbocycles. The molecule has 0 aliphatic rings. The van der Waals surface area contributed by atoms with Crippen LogP contribution in [0.5, 0.6) is 0 Å². The lowest BCUT2D eigenvalue weighted by Gasteiger charge is -2.00. The predicted octanol–water partition coefficient (Wildman–Crippen LogP) is 4.37. The van der Waals surface area contributed by atoms with Gasteiger partial charge in [0.1, 0.15) is 0 Å². The zero-order chi connectivity index (χ0) is 10.7. The van der Waals surface area contributed by atoms with Gasteiger partial charge in [0.2, 0.25) is 0 Å². The number of carbonyl (C=O) groups excluding carboxylic acids is 1. The molecule has 2 aromatic rings. The molecule has 15 heavy (non-hydrogen) atoms. The third-order valence-electron chi connectivity index (χ3n) is 1.81. The summed E-state index contributed by atoms with van der Waals surface area (Å²) in [6.45, 7) is 0. The van der Waals surface area contributed by atoms with Crippen LogP contribution in [0, 0.1) is 0 Å². The molecule has 0 unspecified atom stereocenters. The van der Waals surface area contributed by atoms with Gasteiger partial charge in [-0.05, 0) is 29.6 Å². The van der Waals surface area contributed by atoms with E-state index in [-0.39, 0.29) is 0 Å². The first-order valence-corrected chi connectivity index (χ1v) is 6.33. The van der Waals surface area contributed by atoms with Gasteiger partial charge in [-0.15, -0.1) is 11.3 Å². The SMILES string of the molecule is O=Cc1ccc(Sc2cccs2)cc1Cl. The number of hydrogen-bond acceptors (Lipinski definition) is 3. The second-order valence-corrected chi connectivity index (χ2v) is 5.56. The standard InChI is InChI=1S/C11H7ClOS2/c12-10-6-9(4-3-8(10)7-13)15-11-2-1-5-14-11/h1-7H. The fourth-order valence-corrected chi connectivity index (χ4v) is 3.18. The van der Waals surface area contributed by atoms with Crippen molar-refractivity contribution in [3.63, 3.8) is 0 Å². The average molecular weight is 255 g/mol. The van der Waals surface area contributed by atoms with Crippen LogP contribution in [0.1, 0.15) is 10.4 Å². The summed E-state index contributed by atoms with van der Waals surface area (Å²) in [5.41, 5.74) is 0.534. The van der Waals surface area contributed by atoms with E-state index >= 15 is 0 Å². The molecule has 0 atom stereocenters. The second-order valence-electron chi connectivity index (χ2n) is 2.84. The summed E-state index contributed by atoms with van der Waals surface area (Å²) in [5.74, 6) is 0. The zero-order valence-electron chi connectivity index (χ0n) is 7.64. The normalized spacial score (nSPS) is 10.2. The Morgan fingerprint density at radius 1 is 1.33 bits per heavy atom. The van der Waals surface area contributed by atoms with Crippen LogP contribution in [0.25, 0.3) is 0 Å². The smallest absolute Gasteiger partial charge is 0.151 e. The van der Waals surface area contributed by atoms with Crippen molar-refractivity contribution < 1.29 is 4.79 Å². The molecule has 4 heteroatoms. The van der Waals surface area contributed by atoms with Crippen LogP contribution in [0.3, 0.4) is 0 Å². The number of thiophene rings is 1. The van der Waals surface area contributed by atoms with Crippen LogP contribution in [0.15, 0.2) is 44.8 Å². The number of benzene rings is 1. The lowest BCUT2D eigenvalue weighted by Crippen LogP contribution is -1.81. The molecule has 0 amide bonds. The maximum absolute atomic E-state index is 10.6. The Kier molecular flexibility index (Phi) is 3.46. The molecule has 76 valence electrons. The Bertz CT molecular complexity index is 465. The van der Waals surface area contributed by atoms with E-state index in [9.17, 15) is 4.79 Å². The summed E-state index contributed by atoms with van der Waals surface area (Å²) in [7, 11) is 0. The van der Waals surface area contributed by atoms with Crippen LogP contribution in [-0.2, 0) is 0 Å². The third kappa shape index (κ3) is 2.62. The number of aldehydes is 1. The maximum atomic E-state index is 10.6. The first-order chi connectivity index (χ1) is 7.29. The quantitative estimate of drug-likeness (QED) is 0.757. The minimum absolute atomic E-state index is 0.506. The van der Waals surface area contributed by atoms with Crippen molar-refractivity contribution in [1.29, 1.82) is 0 Å². The Morgan fingerprint density at radius 3 is 2.80 bits per heavy atom. The van der Waals surface area contributed by atoms with Crippen molar-refractivity contribution >= 4 is 41.0 Å². The highest BCUT2D eigenvalue weighted by atomic mass is 35.5. The lowest BCUT2D eigenvalue weighted by molar-refractivity contribution is 0.112. The molecule has 2 rings (SSSR count). The van der Waals surface area contributed by atoms with Gasteiger partial charge in [0.25, 0.3) is 0 Å². The molecule has 1 nitrogen and oxygen atoms in total. The van der Waals surface area contributed by atoms with E-state index < -0.39 is 0 Å². The van der Waals surface area contributed by atoms with Crippen LogP contribution >= 0.6 is 34.7 Å². The van der Waals surface area contributed by atoms with Crippen molar-refractivity contribution in [1.82, 2.24) is 0 Å². The van der Waals surface area contributed by atoms with Gasteiger partial charge in [-0.1, -0.05) is 29.4 Å². The van der Waals surface area contributed by atoms with E-state index in [1.807, 2.05) is 23.6 Å². The molecule has 0 fully saturated rings.